The molecule has 0 heterocycles. The molecule has 0 aliphatic heterocycles. The molecule has 0 spiro atoms. The van der Waals surface area contributed by atoms with Crippen LogP contribution in [0.2, 0.25) is 0 Å². The van der Waals surface area contributed by atoms with Crippen molar-refractivity contribution in [3.8, 4) is 5.75 Å². The fourth-order valence-electron chi connectivity index (χ4n) is 1.92. The number of nitrogens with one attached hydrogen (secondary N) is 1. The van der Waals surface area contributed by atoms with E-state index in [0.717, 1.165) is 20.6 Å². The quantitative estimate of drug-likeness (QED) is 0.767. The summed E-state index contributed by atoms with van der Waals surface area (Å²) in [6.07, 6.45) is 0.106. The number of carbonyl (C=O) groups excluding carboxylic acids is 1. The summed E-state index contributed by atoms with van der Waals surface area (Å²) in [5.74, 6) is 0.641. The number of aryl methyl sites for hydroxylation is 1. The number of hydrogen-bond donors (Lipinski definition) is 1. The molecule has 110 valence electrons. The lowest BCUT2D eigenvalue weighted by atomic mass is 10.1. The summed E-state index contributed by atoms with van der Waals surface area (Å²) in [4.78, 5) is 12.3. The van der Waals surface area contributed by atoms with Crippen molar-refractivity contribution in [1.29, 1.82) is 0 Å². The summed E-state index contributed by atoms with van der Waals surface area (Å²) >= 11 is 2.18. The highest BCUT2D eigenvalue weighted by Crippen LogP contribution is 2.20. The molecule has 0 bridgehead atoms. The van der Waals surface area contributed by atoms with Crippen LogP contribution in [0.1, 0.15) is 29.8 Å². The van der Waals surface area contributed by atoms with E-state index in [2.05, 4.69) is 27.9 Å². The molecule has 0 aliphatic rings. The molecule has 0 saturated heterocycles. The van der Waals surface area contributed by atoms with Crippen LogP contribution in [-0.4, -0.2) is 12.0 Å². The van der Waals surface area contributed by atoms with Crippen LogP contribution >= 0.6 is 22.6 Å². The molecule has 0 saturated carbocycles. The van der Waals surface area contributed by atoms with Crippen molar-refractivity contribution in [2.45, 2.75) is 26.9 Å². The van der Waals surface area contributed by atoms with Crippen LogP contribution < -0.4 is 10.1 Å². The molecule has 1 N–H and O–H groups in total. The number of halogens is 1. The molecule has 0 radical (unpaired) electrons. The predicted octanol–water partition coefficient (Wildman–Crippen LogP) is 4.64. The van der Waals surface area contributed by atoms with Crippen LogP contribution in [-0.2, 0) is 0 Å². The predicted molar refractivity (Wildman–Crippen MR) is 94.1 cm³/mol. The van der Waals surface area contributed by atoms with Crippen molar-refractivity contribution in [2.24, 2.45) is 0 Å². The van der Waals surface area contributed by atoms with E-state index in [0.29, 0.717) is 5.56 Å². The second-order valence-electron chi connectivity index (χ2n) is 5.13. The molecule has 21 heavy (non-hydrogen) atoms. The minimum absolute atomic E-state index is 0.106. The highest BCUT2D eigenvalue weighted by molar-refractivity contribution is 14.1. The lowest BCUT2D eigenvalue weighted by molar-refractivity contribution is 0.102. The van der Waals surface area contributed by atoms with Crippen LogP contribution in [0.15, 0.2) is 42.5 Å². The fourth-order valence-corrected chi connectivity index (χ4v) is 2.84. The first-order valence-corrected chi connectivity index (χ1v) is 7.88. The first-order chi connectivity index (χ1) is 9.95. The maximum absolute atomic E-state index is 12.3. The third-order valence-corrected chi connectivity index (χ3v) is 3.73. The van der Waals surface area contributed by atoms with Gasteiger partial charge in [-0.3, -0.25) is 4.79 Å². The zero-order valence-corrected chi connectivity index (χ0v) is 14.5. The summed E-state index contributed by atoms with van der Waals surface area (Å²) in [6, 6.07) is 13.2. The molecule has 2 aromatic rings. The first kappa shape index (κ1) is 15.8. The fraction of sp³-hybridized carbons (Fsp3) is 0.235. The highest BCUT2D eigenvalue weighted by atomic mass is 127. The molecule has 0 unspecified atom stereocenters. The number of carbonyl (C=O) groups is 1. The van der Waals surface area contributed by atoms with Gasteiger partial charge in [0.25, 0.3) is 5.91 Å². The Morgan fingerprint density at radius 1 is 1.19 bits per heavy atom. The van der Waals surface area contributed by atoms with Gasteiger partial charge in [0, 0.05) is 15.3 Å². The van der Waals surface area contributed by atoms with E-state index in [1.54, 1.807) is 0 Å². The zero-order chi connectivity index (χ0) is 15.4. The Bertz CT molecular complexity index is 653. The zero-order valence-electron chi connectivity index (χ0n) is 12.3. The standard InChI is InChI=1S/C17H18INO2/c1-11(2)21-14-6-4-5-13(10-14)19-17(20)15-8-7-12(3)9-16(15)18/h4-11H,1-3H3,(H,19,20). The average molecular weight is 395 g/mol. The van der Waals surface area contributed by atoms with E-state index >= 15 is 0 Å². The summed E-state index contributed by atoms with van der Waals surface area (Å²) < 4.78 is 6.57. The van der Waals surface area contributed by atoms with E-state index in [-0.39, 0.29) is 12.0 Å². The summed E-state index contributed by atoms with van der Waals surface area (Å²) in [5, 5.41) is 2.91. The van der Waals surface area contributed by atoms with Gasteiger partial charge in [-0.05, 0) is 67.6 Å². The number of hydrogen-bond acceptors (Lipinski definition) is 2. The summed E-state index contributed by atoms with van der Waals surface area (Å²) in [7, 11) is 0. The van der Waals surface area contributed by atoms with E-state index in [4.69, 9.17) is 4.74 Å². The first-order valence-electron chi connectivity index (χ1n) is 6.80. The molecule has 0 aromatic heterocycles. The highest BCUT2D eigenvalue weighted by Gasteiger charge is 2.10. The lowest BCUT2D eigenvalue weighted by Gasteiger charge is -2.12. The lowest BCUT2D eigenvalue weighted by Crippen LogP contribution is -2.14. The van der Waals surface area contributed by atoms with Gasteiger partial charge in [0.2, 0.25) is 0 Å². The maximum Gasteiger partial charge on any atom is 0.256 e. The normalized spacial score (nSPS) is 10.5. The van der Waals surface area contributed by atoms with Crippen LogP contribution in [0.25, 0.3) is 0 Å². The van der Waals surface area contributed by atoms with Gasteiger partial charge >= 0.3 is 0 Å². The third kappa shape index (κ3) is 4.46. The topological polar surface area (TPSA) is 38.3 Å². The van der Waals surface area contributed by atoms with E-state index in [9.17, 15) is 4.79 Å². The Hall–Kier alpha value is -1.56. The van der Waals surface area contributed by atoms with Crippen molar-refractivity contribution in [2.75, 3.05) is 5.32 Å². The van der Waals surface area contributed by atoms with Gasteiger partial charge in [-0.1, -0.05) is 17.7 Å². The monoisotopic (exact) mass is 395 g/mol. The molecular weight excluding hydrogens is 377 g/mol. The van der Waals surface area contributed by atoms with E-state index in [1.165, 1.54) is 0 Å². The second-order valence-corrected chi connectivity index (χ2v) is 6.29. The minimum Gasteiger partial charge on any atom is -0.491 e. The smallest absolute Gasteiger partial charge is 0.256 e. The molecule has 2 rings (SSSR count). The van der Waals surface area contributed by atoms with Crippen LogP contribution in [0, 0.1) is 10.5 Å². The average Bonchev–Trinajstić information content (AvgIpc) is 2.37. The van der Waals surface area contributed by atoms with Gasteiger partial charge in [0.05, 0.1) is 11.7 Å². The van der Waals surface area contributed by atoms with Gasteiger partial charge < -0.3 is 10.1 Å². The Kier molecular flexibility index (Phi) is 5.22. The Balaban J connectivity index is 2.15. The van der Waals surface area contributed by atoms with Gasteiger partial charge in [-0.2, -0.15) is 0 Å². The van der Waals surface area contributed by atoms with Crippen molar-refractivity contribution in [3.63, 3.8) is 0 Å². The van der Waals surface area contributed by atoms with Crippen molar-refractivity contribution in [1.82, 2.24) is 0 Å². The largest absolute Gasteiger partial charge is 0.491 e. The molecule has 0 aliphatic carbocycles. The Morgan fingerprint density at radius 2 is 1.95 bits per heavy atom. The van der Waals surface area contributed by atoms with Crippen LogP contribution in [0.3, 0.4) is 0 Å². The van der Waals surface area contributed by atoms with Gasteiger partial charge in [0.15, 0.2) is 0 Å². The number of benzene rings is 2. The molecular formula is C17H18INO2. The number of amides is 1. The van der Waals surface area contributed by atoms with Gasteiger partial charge in [-0.25, -0.2) is 0 Å². The molecule has 3 nitrogen and oxygen atoms in total. The Morgan fingerprint density at radius 3 is 2.62 bits per heavy atom. The third-order valence-electron chi connectivity index (χ3n) is 2.83. The second kappa shape index (κ2) is 6.93. The van der Waals surface area contributed by atoms with Crippen LogP contribution in [0.4, 0.5) is 5.69 Å². The van der Waals surface area contributed by atoms with E-state index < -0.39 is 0 Å². The van der Waals surface area contributed by atoms with Gasteiger partial charge in [0.1, 0.15) is 5.75 Å². The summed E-state index contributed by atoms with van der Waals surface area (Å²) in [5.41, 5.74) is 2.55. The molecule has 4 heteroatoms. The van der Waals surface area contributed by atoms with Gasteiger partial charge in [-0.15, -0.1) is 0 Å². The van der Waals surface area contributed by atoms with Crippen LogP contribution in [0.5, 0.6) is 5.75 Å². The number of rotatable bonds is 4. The molecule has 2 aromatic carbocycles. The summed E-state index contributed by atoms with van der Waals surface area (Å²) in [6.45, 7) is 5.95. The molecule has 0 fully saturated rings. The van der Waals surface area contributed by atoms with Crippen molar-refractivity contribution >= 4 is 34.2 Å². The molecule has 1 amide bonds. The van der Waals surface area contributed by atoms with E-state index in [1.807, 2.05) is 63.2 Å². The number of anilines is 1. The molecule has 0 atom stereocenters. The number of ether oxygens (including phenoxy) is 1. The Labute approximate surface area is 138 Å². The maximum atomic E-state index is 12.3. The minimum atomic E-state index is -0.110. The van der Waals surface area contributed by atoms with Crippen molar-refractivity contribution in [3.05, 3.63) is 57.2 Å². The SMILES string of the molecule is Cc1ccc(C(=O)Nc2cccc(OC(C)C)c2)c(I)c1. The van der Waals surface area contributed by atoms with Crippen molar-refractivity contribution < 1.29 is 9.53 Å².